The second kappa shape index (κ2) is 4.30. The largest absolute Gasteiger partial charge is 0.332 e. The summed E-state index contributed by atoms with van der Waals surface area (Å²) in [7, 11) is 0. The molecule has 0 saturated heterocycles. The molecule has 0 bridgehead atoms. The van der Waals surface area contributed by atoms with Crippen molar-refractivity contribution in [3.05, 3.63) is 48.0 Å². The summed E-state index contributed by atoms with van der Waals surface area (Å²) >= 11 is 0. The lowest BCUT2D eigenvalue weighted by molar-refractivity contribution is -0.132. The fourth-order valence-electron chi connectivity index (χ4n) is 1.83. The van der Waals surface area contributed by atoms with Gasteiger partial charge >= 0.3 is 0 Å². The van der Waals surface area contributed by atoms with Crippen LogP contribution in [-0.2, 0) is 11.3 Å². The maximum atomic E-state index is 11.7. The van der Waals surface area contributed by atoms with Crippen molar-refractivity contribution in [1.82, 2.24) is 4.90 Å². The summed E-state index contributed by atoms with van der Waals surface area (Å²) in [6.45, 7) is 2.77. The first kappa shape index (κ1) is 9.97. The molecule has 0 fully saturated rings. The molecular formula is C13H15NO. The number of hydrogen-bond acceptors (Lipinski definition) is 1. The molecule has 1 heterocycles. The molecule has 1 atom stereocenters. The highest BCUT2D eigenvalue weighted by Crippen LogP contribution is 2.14. The van der Waals surface area contributed by atoms with E-state index in [0.717, 1.165) is 0 Å². The molecule has 0 spiro atoms. The highest BCUT2D eigenvalue weighted by atomic mass is 16.2. The molecule has 0 aromatic heterocycles. The lowest BCUT2D eigenvalue weighted by Crippen LogP contribution is -2.38. The van der Waals surface area contributed by atoms with E-state index in [4.69, 9.17) is 0 Å². The maximum absolute atomic E-state index is 11.7. The Kier molecular flexibility index (Phi) is 2.86. The third kappa shape index (κ3) is 2.27. The molecule has 0 radical (unpaired) electrons. The van der Waals surface area contributed by atoms with Crippen LogP contribution in [0.3, 0.4) is 0 Å². The number of benzene rings is 1. The Morgan fingerprint density at radius 2 is 2.07 bits per heavy atom. The maximum Gasteiger partial charge on any atom is 0.227 e. The summed E-state index contributed by atoms with van der Waals surface area (Å²) in [5.41, 5.74) is 1.19. The van der Waals surface area contributed by atoms with Gasteiger partial charge < -0.3 is 4.90 Å². The van der Waals surface area contributed by atoms with E-state index < -0.39 is 0 Å². The van der Waals surface area contributed by atoms with Crippen LogP contribution >= 0.6 is 0 Å². The second-order valence-corrected chi connectivity index (χ2v) is 3.88. The average Bonchev–Trinajstić information content (AvgIpc) is 2.25. The van der Waals surface area contributed by atoms with Crippen LogP contribution in [0, 0.1) is 0 Å². The van der Waals surface area contributed by atoms with Crippen molar-refractivity contribution in [3.63, 3.8) is 0 Å². The van der Waals surface area contributed by atoms with Crippen LogP contribution in [-0.4, -0.2) is 16.8 Å². The van der Waals surface area contributed by atoms with E-state index >= 15 is 0 Å². The molecule has 2 nitrogen and oxygen atoms in total. The molecule has 1 aromatic rings. The number of rotatable bonds is 2. The van der Waals surface area contributed by atoms with Crippen LogP contribution in [0.4, 0.5) is 0 Å². The minimum atomic E-state index is 0.214. The predicted molar refractivity (Wildman–Crippen MR) is 60.2 cm³/mol. The van der Waals surface area contributed by atoms with Crippen LogP contribution in [0.2, 0.25) is 0 Å². The molecule has 0 unspecified atom stereocenters. The number of nitrogens with zero attached hydrogens (tertiary/aromatic N) is 1. The number of carbonyl (C=O) groups is 1. The first-order valence-electron chi connectivity index (χ1n) is 5.27. The van der Waals surface area contributed by atoms with E-state index in [-0.39, 0.29) is 11.9 Å². The van der Waals surface area contributed by atoms with Crippen LogP contribution < -0.4 is 0 Å². The van der Waals surface area contributed by atoms with E-state index in [0.29, 0.717) is 13.0 Å². The first-order valence-corrected chi connectivity index (χ1v) is 5.27. The standard InChI is InChI=1S/C13H15NO/c1-11-6-5-9-13(15)14(11)10-12-7-3-2-4-8-12/h2-8,11H,9-10H2,1H3/t11-/m0/s1. The Labute approximate surface area is 90.2 Å². The Morgan fingerprint density at radius 1 is 1.33 bits per heavy atom. The molecule has 78 valence electrons. The van der Waals surface area contributed by atoms with Gasteiger partial charge in [0, 0.05) is 19.0 Å². The van der Waals surface area contributed by atoms with Crippen molar-refractivity contribution in [2.45, 2.75) is 25.9 Å². The third-order valence-corrected chi connectivity index (χ3v) is 2.71. The summed E-state index contributed by atoms with van der Waals surface area (Å²) in [6.07, 6.45) is 4.58. The normalized spacial score (nSPS) is 20.7. The molecule has 1 aliphatic heterocycles. The minimum absolute atomic E-state index is 0.214. The fourth-order valence-corrected chi connectivity index (χ4v) is 1.83. The van der Waals surface area contributed by atoms with Gasteiger partial charge in [0.15, 0.2) is 0 Å². The van der Waals surface area contributed by atoms with Gasteiger partial charge in [0.1, 0.15) is 0 Å². The highest BCUT2D eigenvalue weighted by Gasteiger charge is 2.20. The molecule has 0 aliphatic carbocycles. The number of carbonyl (C=O) groups excluding carboxylic acids is 1. The molecule has 1 amide bonds. The van der Waals surface area contributed by atoms with E-state index in [1.54, 1.807) is 0 Å². The van der Waals surface area contributed by atoms with E-state index in [2.05, 4.69) is 25.1 Å². The predicted octanol–water partition coefficient (Wildman–Crippen LogP) is 2.36. The number of hydrogen-bond donors (Lipinski definition) is 0. The van der Waals surface area contributed by atoms with Gasteiger partial charge in [0.2, 0.25) is 5.91 Å². The Balaban J connectivity index is 2.11. The van der Waals surface area contributed by atoms with Crippen molar-refractivity contribution >= 4 is 5.91 Å². The van der Waals surface area contributed by atoms with Gasteiger partial charge in [0.25, 0.3) is 0 Å². The van der Waals surface area contributed by atoms with Gasteiger partial charge in [-0.15, -0.1) is 0 Å². The summed E-state index contributed by atoms with van der Waals surface area (Å²) in [5, 5.41) is 0. The first-order chi connectivity index (χ1) is 7.27. The van der Waals surface area contributed by atoms with E-state index in [9.17, 15) is 4.79 Å². The fraction of sp³-hybridized carbons (Fsp3) is 0.308. The van der Waals surface area contributed by atoms with Crippen LogP contribution in [0.15, 0.2) is 42.5 Å². The van der Waals surface area contributed by atoms with Crippen molar-refractivity contribution in [2.24, 2.45) is 0 Å². The highest BCUT2D eigenvalue weighted by molar-refractivity contribution is 5.79. The quantitative estimate of drug-likeness (QED) is 0.673. The Morgan fingerprint density at radius 3 is 2.73 bits per heavy atom. The SMILES string of the molecule is C[C@H]1C=CCC(=O)N1Cc1ccccc1. The minimum Gasteiger partial charge on any atom is -0.332 e. The number of amides is 1. The zero-order chi connectivity index (χ0) is 10.7. The van der Waals surface area contributed by atoms with Crippen molar-refractivity contribution in [2.75, 3.05) is 0 Å². The van der Waals surface area contributed by atoms with Gasteiger partial charge in [-0.05, 0) is 12.5 Å². The van der Waals surface area contributed by atoms with Gasteiger partial charge in [-0.3, -0.25) is 4.79 Å². The lowest BCUT2D eigenvalue weighted by atomic mass is 10.1. The zero-order valence-electron chi connectivity index (χ0n) is 8.89. The van der Waals surface area contributed by atoms with Gasteiger partial charge in [-0.1, -0.05) is 42.5 Å². The molecule has 0 N–H and O–H groups in total. The van der Waals surface area contributed by atoms with Crippen LogP contribution in [0.1, 0.15) is 18.9 Å². The zero-order valence-corrected chi connectivity index (χ0v) is 8.89. The summed E-state index contributed by atoms with van der Waals surface area (Å²) in [4.78, 5) is 13.6. The average molecular weight is 201 g/mol. The van der Waals surface area contributed by atoms with Gasteiger partial charge in [0.05, 0.1) is 0 Å². The van der Waals surface area contributed by atoms with E-state index in [1.165, 1.54) is 5.56 Å². The summed E-state index contributed by atoms with van der Waals surface area (Å²) in [6, 6.07) is 10.3. The van der Waals surface area contributed by atoms with Crippen LogP contribution in [0.25, 0.3) is 0 Å². The summed E-state index contributed by atoms with van der Waals surface area (Å²) < 4.78 is 0. The molecule has 15 heavy (non-hydrogen) atoms. The van der Waals surface area contributed by atoms with Crippen molar-refractivity contribution in [3.8, 4) is 0 Å². The molecule has 2 rings (SSSR count). The van der Waals surface area contributed by atoms with Gasteiger partial charge in [-0.25, -0.2) is 0 Å². The molecular weight excluding hydrogens is 186 g/mol. The molecule has 2 heteroatoms. The molecule has 0 saturated carbocycles. The van der Waals surface area contributed by atoms with E-state index in [1.807, 2.05) is 29.2 Å². The lowest BCUT2D eigenvalue weighted by Gasteiger charge is -2.30. The topological polar surface area (TPSA) is 20.3 Å². The third-order valence-electron chi connectivity index (χ3n) is 2.71. The van der Waals surface area contributed by atoms with Crippen molar-refractivity contribution < 1.29 is 4.79 Å². The molecule has 1 aliphatic rings. The van der Waals surface area contributed by atoms with Crippen LogP contribution in [0.5, 0.6) is 0 Å². The molecule has 1 aromatic carbocycles. The monoisotopic (exact) mass is 201 g/mol. The van der Waals surface area contributed by atoms with Crippen molar-refractivity contribution in [1.29, 1.82) is 0 Å². The smallest absolute Gasteiger partial charge is 0.227 e. The van der Waals surface area contributed by atoms with Gasteiger partial charge in [-0.2, -0.15) is 0 Å². The second-order valence-electron chi connectivity index (χ2n) is 3.88. The Hall–Kier alpha value is -1.57. The Bertz CT molecular complexity index is 369. The summed E-state index contributed by atoms with van der Waals surface area (Å²) in [5.74, 6) is 0.217.